The fourth-order valence-electron chi connectivity index (χ4n) is 2.46. The molecular formula is C18H20ClN2O3-. The van der Waals surface area contributed by atoms with Crippen molar-refractivity contribution in [2.75, 3.05) is 25.7 Å². The number of benzene rings is 2. The van der Waals surface area contributed by atoms with E-state index in [1.165, 1.54) is 5.56 Å². The Morgan fingerprint density at radius 1 is 1.12 bits per heavy atom. The molecule has 0 fully saturated rings. The summed E-state index contributed by atoms with van der Waals surface area (Å²) in [6.07, 6.45) is 0.442. The Bertz CT molecular complexity index is 679. The number of hydrogen-bond donors (Lipinski definition) is 1. The van der Waals surface area contributed by atoms with Crippen molar-refractivity contribution < 1.29 is 26.7 Å². The second-order valence-electron chi connectivity index (χ2n) is 5.59. The summed E-state index contributed by atoms with van der Waals surface area (Å²) in [5.41, 5.74) is 1.97. The van der Waals surface area contributed by atoms with Crippen LogP contribution in [-0.4, -0.2) is 31.2 Å². The van der Waals surface area contributed by atoms with Crippen molar-refractivity contribution in [2.24, 2.45) is 0 Å². The molecule has 1 aliphatic heterocycles. The van der Waals surface area contributed by atoms with Crippen LogP contribution < -0.4 is 27.2 Å². The highest BCUT2D eigenvalue weighted by Gasteiger charge is 2.14. The quantitative estimate of drug-likeness (QED) is 0.791. The molecular weight excluding hydrogens is 328 g/mol. The Balaban J connectivity index is 0.00000208. The van der Waals surface area contributed by atoms with Crippen molar-refractivity contribution in [1.82, 2.24) is 4.90 Å². The van der Waals surface area contributed by atoms with Crippen LogP contribution in [0.25, 0.3) is 0 Å². The Labute approximate surface area is 148 Å². The number of amides is 1. The highest BCUT2D eigenvalue weighted by atomic mass is 35.5. The zero-order valence-corrected chi connectivity index (χ0v) is 14.3. The van der Waals surface area contributed by atoms with E-state index in [1.54, 1.807) is 12.1 Å². The van der Waals surface area contributed by atoms with Crippen LogP contribution in [0.2, 0.25) is 0 Å². The topological polar surface area (TPSA) is 50.8 Å². The van der Waals surface area contributed by atoms with Crippen LogP contribution in [-0.2, 0) is 11.3 Å². The highest BCUT2D eigenvalue weighted by Crippen LogP contribution is 2.34. The summed E-state index contributed by atoms with van der Waals surface area (Å²) in [7, 11) is 2.01. The van der Waals surface area contributed by atoms with Gasteiger partial charge in [-0.3, -0.25) is 4.79 Å². The predicted molar refractivity (Wildman–Crippen MR) is 88.6 cm³/mol. The smallest absolute Gasteiger partial charge is 0.231 e. The van der Waals surface area contributed by atoms with Gasteiger partial charge >= 0.3 is 0 Å². The molecule has 2 aromatic carbocycles. The fraction of sp³-hybridized carbons (Fsp3) is 0.278. The van der Waals surface area contributed by atoms with Gasteiger partial charge in [0.25, 0.3) is 0 Å². The van der Waals surface area contributed by atoms with Crippen molar-refractivity contribution in [1.29, 1.82) is 0 Å². The van der Waals surface area contributed by atoms with Crippen LogP contribution in [0.3, 0.4) is 0 Å². The summed E-state index contributed by atoms with van der Waals surface area (Å²) in [4.78, 5) is 14.2. The van der Waals surface area contributed by atoms with Gasteiger partial charge < -0.3 is 32.1 Å². The third kappa shape index (κ3) is 4.88. The molecule has 0 saturated carbocycles. The van der Waals surface area contributed by atoms with Crippen LogP contribution in [0, 0.1) is 0 Å². The fourth-order valence-corrected chi connectivity index (χ4v) is 2.46. The number of carbonyl (C=O) groups is 1. The first-order chi connectivity index (χ1) is 11.2. The van der Waals surface area contributed by atoms with Crippen molar-refractivity contribution in [3.8, 4) is 11.5 Å². The molecule has 0 radical (unpaired) electrons. The molecule has 3 rings (SSSR count). The Morgan fingerprint density at radius 3 is 2.67 bits per heavy atom. The summed E-state index contributed by atoms with van der Waals surface area (Å²) in [5.74, 6) is 1.37. The minimum absolute atomic E-state index is 0. The largest absolute Gasteiger partial charge is 1.00 e. The molecule has 0 atom stereocenters. The van der Waals surface area contributed by atoms with E-state index >= 15 is 0 Å². The SMILES string of the molecule is CN(CCC(=O)Nc1ccc2c(c1)OCO2)Cc1ccccc1.[Cl-]. The van der Waals surface area contributed by atoms with E-state index in [9.17, 15) is 4.79 Å². The number of rotatable bonds is 6. The highest BCUT2D eigenvalue weighted by molar-refractivity contribution is 5.91. The molecule has 1 aliphatic rings. The zero-order valence-electron chi connectivity index (χ0n) is 13.5. The van der Waals surface area contributed by atoms with Gasteiger partial charge in [0, 0.05) is 31.3 Å². The maximum Gasteiger partial charge on any atom is 0.231 e. The molecule has 24 heavy (non-hydrogen) atoms. The Hall–Kier alpha value is -2.24. The molecule has 1 N–H and O–H groups in total. The summed E-state index contributed by atoms with van der Waals surface area (Å²) in [6, 6.07) is 15.6. The molecule has 6 heteroatoms. The second-order valence-corrected chi connectivity index (χ2v) is 5.59. The maximum atomic E-state index is 12.1. The monoisotopic (exact) mass is 347 g/mol. The average molecular weight is 348 g/mol. The molecule has 5 nitrogen and oxygen atoms in total. The Morgan fingerprint density at radius 2 is 1.88 bits per heavy atom. The first-order valence-electron chi connectivity index (χ1n) is 7.63. The lowest BCUT2D eigenvalue weighted by atomic mass is 10.2. The maximum absolute atomic E-state index is 12.1. The molecule has 2 aromatic rings. The van der Waals surface area contributed by atoms with Gasteiger partial charge in [-0.05, 0) is 24.7 Å². The third-order valence-electron chi connectivity index (χ3n) is 3.67. The number of nitrogens with one attached hydrogen (secondary N) is 1. The third-order valence-corrected chi connectivity index (χ3v) is 3.67. The normalized spacial score (nSPS) is 11.9. The lowest BCUT2D eigenvalue weighted by Gasteiger charge is -2.16. The summed E-state index contributed by atoms with van der Waals surface area (Å²) in [6.45, 7) is 1.76. The summed E-state index contributed by atoms with van der Waals surface area (Å²) in [5, 5.41) is 2.89. The van der Waals surface area contributed by atoms with Crippen molar-refractivity contribution >= 4 is 11.6 Å². The van der Waals surface area contributed by atoms with E-state index in [0.717, 1.165) is 12.2 Å². The van der Waals surface area contributed by atoms with Gasteiger partial charge in [-0.15, -0.1) is 0 Å². The lowest BCUT2D eigenvalue weighted by Crippen LogP contribution is -3.00. The lowest BCUT2D eigenvalue weighted by molar-refractivity contribution is -0.116. The molecule has 128 valence electrons. The minimum atomic E-state index is -0.0104. The summed E-state index contributed by atoms with van der Waals surface area (Å²) >= 11 is 0. The van der Waals surface area contributed by atoms with Crippen molar-refractivity contribution in [3.63, 3.8) is 0 Å². The van der Waals surface area contributed by atoms with E-state index in [-0.39, 0.29) is 25.1 Å². The molecule has 1 amide bonds. The van der Waals surface area contributed by atoms with Crippen molar-refractivity contribution in [3.05, 3.63) is 54.1 Å². The number of fused-ring (bicyclic) bond motifs is 1. The van der Waals surface area contributed by atoms with Crippen LogP contribution in [0.1, 0.15) is 12.0 Å². The van der Waals surface area contributed by atoms with Crippen molar-refractivity contribution in [2.45, 2.75) is 13.0 Å². The number of ether oxygens (including phenoxy) is 2. The van der Waals surface area contributed by atoms with Gasteiger partial charge in [-0.1, -0.05) is 30.3 Å². The summed E-state index contributed by atoms with van der Waals surface area (Å²) < 4.78 is 10.6. The van der Waals surface area contributed by atoms with Gasteiger partial charge in [0.1, 0.15) is 0 Å². The molecule has 0 bridgehead atoms. The zero-order chi connectivity index (χ0) is 16.1. The van der Waals surface area contributed by atoms with E-state index < -0.39 is 0 Å². The number of nitrogens with zero attached hydrogens (tertiary/aromatic N) is 1. The number of halogens is 1. The van der Waals surface area contributed by atoms with E-state index in [2.05, 4.69) is 22.3 Å². The van der Waals surface area contributed by atoms with Crippen LogP contribution in [0.15, 0.2) is 48.5 Å². The van der Waals surface area contributed by atoms with Gasteiger partial charge in [0.05, 0.1) is 0 Å². The number of hydrogen-bond acceptors (Lipinski definition) is 4. The average Bonchev–Trinajstić information content (AvgIpc) is 3.01. The number of anilines is 1. The van der Waals surface area contributed by atoms with Crippen LogP contribution >= 0.6 is 0 Å². The molecule has 0 spiro atoms. The van der Waals surface area contributed by atoms with Crippen LogP contribution in [0.4, 0.5) is 5.69 Å². The van der Waals surface area contributed by atoms with E-state index in [4.69, 9.17) is 9.47 Å². The standard InChI is InChI=1S/C18H20N2O3.ClH/c1-20(12-14-5-3-2-4-6-14)10-9-18(21)19-15-7-8-16-17(11-15)23-13-22-16;/h2-8,11H,9-10,12-13H2,1H3,(H,19,21);1H/p-1. The van der Waals surface area contributed by atoms with Crippen LogP contribution in [0.5, 0.6) is 11.5 Å². The van der Waals surface area contributed by atoms with Gasteiger partial charge in [-0.2, -0.15) is 0 Å². The second kappa shape index (κ2) is 8.57. The molecule has 0 unspecified atom stereocenters. The van der Waals surface area contributed by atoms with E-state index in [1.807, 2.05) is 31.3 Å². The molecule has 1 heterocycles. The number of carbonyl (C=O) groups excluding carboxylic acids is 1. The van der Waals surface area contributed by atoms with E-state index in [0.29, 0.717) is 24.5 Å². The minimum Gasteiger partial charge on any atom is -1.00 e. The Kier molecular flexibility index (Phi) is 6.46. The van der Waals surface area contributed by atoms with Gasteiger partial charge in [0.15, 0.2) is 11.5 Å². The predicted octanol–water partition coefficient (Wildman–Crippen LogP) is -0.120. The molecule has 0 saturated heterocycles. The first kappa shape index (κ1) is 18.1. The van der Waals surface area contributed by atoms with Gasteiger partial charge in [-0.25, -0.2) is 0 Å². The van der Waals surface area contributed by atoms with Gasteiger partial charge in [0.2, 0.25) is 12.7 Å². The first-order valence-corrected chi connectivity index (χ1v) is 7.63. The molecule has 0 aromatic heterocycles. The molecule has 0 aliphatic carbocycles.